The van der Waals surface area contributed by atoms with Gasteiger partial charge >= 0.3 is 0 Å². The van der Waals surface area contributed by atoms with E-state index in [9.17, 15) is 4.79 Å². The molecule has 1 aliphatic heterocycles. The van der Waals surface area contributed by atoms with Crippen LogP contribution in [-0.4, -0.2) is 55.7 Å². The van der Waals surface area contributed by atoms with Crippen molar-refractivity contribution < 1.29 is 14.3 Å². The summed E-state index contributed by atoms with van der Waals surface area (Å²) in [6, 6.07) is 0. The molecule has 1 heterocycles. The Morgan fingerprint density at radius 3 is 2.07 bits per heavy atom. The molecule has 4 nitrogen and oxygen atoms in total. The molecule has 0 aliphatic carbocycles. The summed E-state index contributed by atoms with van der Waals surface area (Å²) in [6.45, 7) is 2.79. The van der Waals surface area contributed by atoms with Crippen LogP contribution in [0.2, 0.25) is 0 Å². The van der Waals surface area contributed by atoms with Gasteiger partial charge in [-0.2, -0.15) is 0 Å². The summed E-state index contributed by atoms with van der Waals surface area (Å²) in [5, 5.41) is -0.483. The molecule has 1 fully saturated rings. The summed E-state index contributed by atoms with van der Waals surface area (Å²) in [5.74, 6) is -0.0618. The van der Waals surface area contributed by atoms with E-state index in [1.54, 1.807) is 26.0 Å². The largest absolute Gasteiger partial charge is 0.377 e. The zero-order chi connectivity index (χ0) is 10.7. The van der Waals surface area contributed by atoms with Crippen LogP contribution in [0.4, 0.5) is 0 Å². The van der Waals surface area contributed by atoms with Crippen LogP contribution in [0.1, 0.15) is 6.92 Å². The van der Waals surface area contributed by atoms with Crippen LogP contribution < -0.4 is 0 Å². The molecule has 0 radical (unpaired) electrons. The first-order valence-corrected chi connectivity index (χ1v) is 5.02. The topological polar surface area (TPSA) is 38.8 Å². The van der Waals surface area contributed by atoms with Crippen molar-refractivity contribution in [2.45, 2.75) is 24.5 Å². The van der Waals surface area contributed by atoms with Crippen LogP contribution in [0.3, 0.4) is 0 Å². The van der Waals surface area contributed by atoms with Gasteiger partial charge in [-0.25, -0.2) is 0 Å². The number of carbonyl (C=O) groups excluding carboxylic acids is 1. The standard InChI is InChI=1S/C9H16ClNO3/c1-6(10)9(12)11-4-7(13-2)8(5-11)14-3/h6-8H,4-5H2,1-3H3. The Bertz CT molecular complexity index is 198. The summed E-state index contributed by atoms with van der Waals surface area (Å²) < 4.78 is 10.4. The van der Waals surface area contributed by atoms with Crippen LogP contribution in [0.15, 0.2) is 0 Å². The molecule has 1 amide bonds. The van der Waals surface area contributed by atoms with Gasteiger partial charge in [-0.05, 0) is 6.92 Å². The second-order valence-corrected chi connectivity index (χ2v) is 4.06. The third kappa shape index (κ3) is 2.38. The molecule has 0 aromatic heterocycles. The van der Waals surface area contributed by atoms with E-state index in [-0.39, 0.29) is 18.1 Å². The van der Waals surface area contributed by atoms with Crippen molar-refractivity contribution in [3.63, 3.8) is 0 Å². The second kappa shape index (κ2) is 4.96. The quantitative estimate of drug-likeness (QED) is 0.651. The molecule has 0 saturated carbocycles. The summed E-state index contributed by atoms with van der Waals surface area (Å²) in [5.41, 5.74) is 0. The predicted octanol–water partition coefficient (Wildman–Crippen LogP) is 0.486. The molecule has 3 atom stereocenters. The number of likely N-dealkylation sites (tertiary alicyclic amines) is 1. The van der Waals surface area contributed by atoms with E-state index >= 15 is 0 Å². The van der Waals surface area contributed by atoms with Gasteiger partial charge in [0.15, 0.2) is 0 Å². The maximum atomic E-state index is 11.6. The zero-order valence-corrected chi connectivity index (χ0v) is 9.45. The lowest BCUT2D eigenvalue weighted by atomic mass is 10.3. The monoisotopic (exact) mass is 221 g/mol. The molecule has 0 N–H and O–H groups in total. The Morgan fingerprint density at radius 2 is 1.79 bits per heavy atom. The SMILES string of the molecule is COC1CN(C(=O)C(C)Cl)CC1OC. The average molecular weight is 222 g/mol. The number of nitrogens with zero attached hydrogens (tertiary/aromatic N) is 1. The van der Waals surface area contributed by atoms with Gasteiger partial charge in [-0.15, -0.1) is 11.6 Å². The van der Waals surface area contributed by atoms with Crippen LogP contribution >= 0.6 is 11.6 Å². The van der Waals surface area contributed by atoms with E-state index in [0.717, 1.165) is 0 Å². The molecule has 14 heavy (non-hydrogen) atoms. The average Bonchev–Trinajstić information content (AvgIpc) is 2.59. The number of hydrogen-bond acceptors (Lipinski definition) is 3. The van der Waals surface area contributed by atoms with Gasteiger partial charge in [-0.1, -0.05) is 0 Å². The lowest BCUT2D eigenvalue weighted by Gasteiger charge is -2.16. The van der Waals surface area contributed by atoms with Crippen LogP contribution in [-0.2, 0) is 14.3 Å². The van der Waals surface area contributed by atoms with Gasteiger partial charge in [0.05, 0.1) is 0 Å². The zero-order valence-electron chi connectivity index (χ0n) is 8.70. The van der Waals surface area contributed by atoms with Gasteiger partial charge in [0, 0.05) is 27.3 Å². The van der Waals surface area contributed by atoms with Gasteiger partial charge in [-0.3, -0.25) is 4.79 Å². The number of rotatable bonds is 3. The van der Waals surface area contributed by atoms with Gasteiger partial charge in [0.2, 0.25) is 5.91 Å². The second-order valence-electron chi connectivity index (χ2n) is 3.41. The highest BCUT2D eigenvalue weighted by molar-refractivity contribution is 6.30. The first-order chi connectivity index (χ1) is 6.60. The molecule has 82 valence electrons. The molecule has 5 heteroatoms. The smallest absolute Gasteiger partial charge is 0.240 e. The van der Waals surface area contributed by atoms with E-state index in [1.807, 2.05) is 0 Å². The number of halogens is 1. The molecular weight excluding hydrogens is 206 g/mol. The van der Waals surface area contributed by atoms with Crippen molar-refractivity contribution in [3.8, 4) is 0 Å². The minimum absolute atomic E-state index is 0.0423. The Labute approximate surface area is 89.1 Å². The Kier molecular flexibility index (Phi) is 4.16. The molecular formula is C9H16ClNO3. The van der Waals surface area contributed by atoms with Gasteiger partial charge in [0.25, 0.3) is 0 Å². The molecule has 0 aromatic rings. The molecule has 0 aromatic carbocycles. The molecule has 1 saturated heterocycles. The van der Waals surface area contributed by atoms with E-state index in [0.29, 0.717) is 13.1 Å². The predicted molar refractivity (Wildman–Crippen MR) is 53.5 cm³/mol. The van der Waals surface area contributed by atoms with Crippen LogP contribution in [0, 0.1) is 0 Å². The Hall–Kier alpha value is -0.320. The van der Waals surface area contributed by atoms with Crippen molar-refractivity contribution in [1.29, 1.82) is 0 Å². The highest BCUT2D eigenvalue weighted by atomic mass is 35.5. The maximum Gasteiger partial charge on any atom is 0.240 e. The summed E-state index contributed by atoms with van der Waals surface area (Å²) in [4.78, 5) is 13.2. The lowest BCUT2D eigenvalue weighted by Crippen LogP contribution is -2.34. The Balaban J connectivity index is 2.57. The lowest BCUT2D eigenvalue weighted by molar-refractivity contribution is -0.130. The van der Waals surface area contributed by atoms with Crippen molar-refractivity contribution in [3.05, 3.63) is 0 Å². The number of carbonyl (C=O) groups is 1. The van der Waals surface area contributed by atoms with Crippen molar-refractivity contribution in [2.24, 2.45) is 0 Å². The van der Waals surface area contributed by atoms with Gasteiger partial charge < -0.3 is 14.4 Å². The minimum atomic E-state index is -0.483. The minimum Gasteiger partial charge on any atom is -0.377 e. The fourth-order valence-electron chi connectivity index (χ4n) is 1.63. The Morgan fingerprint density at radius 1 is 1.36 bits per heavy atom. The first-order valence-electron chi connectivity index (χ1n) is 4.58. The van der Waals surface area contributed by atoms with Crippen LogP contribution in [0.25, 0.3) is 0 Å². The molecule has 1 aliphatic rings. The number of methoxy groups -OCH3 is 2. The number of ether oxygens (including phenoxy) is 2. The van der Waals surface area contributed by atoms with Crippen molar-refractivity contribution in [1.82, 2.24) is 4.90 Å². The van der Waals surface area contributed by atoms with Crippen LogP contribution in [0.5, 0.6) is 0 Å². The maximum absolute atomic E-state index is 11.6. The molecule has 3 unspecified atom stereocenters. The van der Waals surface area contributed by atoms with E-state index in [4.69, 9.17) is 21.1 Å². The molecule has 0 bridgehead atoms. The summed E-state index contributed by atoms with van der Waals surface area (Å²) >= 11 is 5.72. The van der Waals surface area contributed by atoms with E-state index in [2.05, 4.69) is 0 Å². The first kappa shape index (κ1) is 11.8. The number of hydrogen-bond donors (Lipinski definition) is 0. The van der Waals surface area contributed by atoms with E-state index in [1.165, 1.54) is 0 Å². The summed E-state index contributed by atoms with van der Waals surface area (Å²) in [7, 11) is 3.24. The van der Waals surface area contributed by atoms with Crippen molar-refractivity contribution >= 4 is 17.5 Å². The number of alkyl halides is 1. The van der Waals surface area contributed by atoms with Crippen molar-refractivity contribution in [2.75, 3.05) is 27.3 Å². The normalized spacial score (nSPS) is 29.3. The van der Waals surface area contributed by atoms with E-state index < -0.39 is 5.38 Å². The highest BCUT2D eigenvalue weighted by Gasteiger charge is 2.36. The van der Waals surface area contributed by atoms with Gasteiger partial charge in [0.1, 0.15) is 17.6 Å². The fraction of sp³-hybridized carbons (Fsp3) is 0.889. The fourth-order valence-corrected chi connectivity index (χ4v) is 1.77. The third-order valence-corrected chi connectivity index (χ3v) is 2.66. The highest BCUT2D eigenvalue weighted by Crippen LogP contribution is 2.17. The molecule has 0 spiro atoms. The summed E-state index contributed by atoms with van der Waals surface area (Å²) in [6.07, 6.45) is -0.0845. The number of amides is 1. The third-order valence-electron chi connectivity index (χ3n) is 2.47. The molecule has 1 rings (SSSR count).